The van der Waals surface area contributed by atoms with Crippen LogP contribution in [0.3, 0.4) is 0 Å². The van der Waals surface area contributed by atoms with Gasteiger partial charge < -0.3 is 9.80 Å². The second-order valence-electron chi connectivity index (χ2n) is 7.19. The first-order valence-corrected chi connectivity index (χ1v) is 8.87. The minimum atomic E-state index is 0.688. The van der Waals surface area contributed by atoms with E-state index in [1.54, 1.807) is 0 Å². The Morgan fingerprint density at radius 1 is 1.09 bits per heavy atom. The zero-order chi connectivity index (χ0) is 16.2. The van der Waals surface area contributed by atoms with Crippen LogP contribution in [0.4, 0.5) is 5.69 Å². The monoisotopic (exact) mass is 312 g/mol. The second kappa shape index (κ2) is 7.33. The van der Waals surface area contributed by atoms with Gasteiger partial charge in [-0.2, -0.15) is 5.26 Å². The molecule has 1 aromatic carbocycles. The molecule has 0 spiro atoms. The highest BCUT2D eigenvalue weighted by Crippen LogP contribution is 2.21. The maximum atomic E-state index is 8.89. The number of hydrogen-bond donors (Lipinski definition) is 0. The number of rotatable bonds is 4. The second-order valence-corrected chi connectivity index (χ2v) is 7.19. The lowest BCUT2D eigenvalue weighted by Gasteiger charge is -2.37. The number of benzene rings is 1. The summed E-state index contributed by atoms with van der Waals surface area (Å²) in [6.45, 7) is 12.9. The Labute approximate surface area is 140 Å². The first-order valence-electron chi connectivity index (χ1n) is 8.87. The van der Waals surface area contributed by atoms with E-state index >= 15 is 0 Å². The van der Waals surface area contributed by atoms with Gasteiger partial charge in [0.25, 0.3) is 0 Å². The summed E-state index contributed by atoms with van der Waals surface area (Å²) in [5.74, 6) is 0.846. The Balaban J connectivity index is 1.46. The predicted octanol–water partition coefficient (Wildman–Crippen LogP) is 2.41. The van der Waals surface area contributed by atoms with Crippen LogP contribution < -0.4 is 4.90 Å². The molecule has 23 heavy (non-hydrogen) atoms. The van der Waals surface area contributed by atoms with Crippen molar-refractivity contribution >= 4 is 5.69 Å². The van der Waals surface area contributed by atoms with Crippen LogP contribution in [-0.4, -0.2) is 61.7 Å². The lowest BCUT2D eigenvalue weighted by molar-refractivity contribution is 0.206. The molecule has 2 aliphatic rings. The SMILES string of the molecule is CC(C)N1CC[C@H](CN2CCN(c3ccc(C#N)cc3)CC2)C1. The van der Waals surface area contributed by atoms with Crippen molar-refractivity contribution in [2.24, 2.45) is 5.92 Å². The molecular weight excluding hydrogens is 284 g/mol. The van der Waals surface area contributed by atoms with Gasteiger partial charge in [-0.3, -0.25) is 4.90 Å². The van der Waals surface area contributed by atoms with E-state index in [0.717, 1.165) is 37.7 Å². The maximum Gasteiger partial charge on any atom is 0.0991 e. The third-order valence-electron chi connectivity index (χ3n) is 5.30. The summed E-state index contributed by atoms with van der Waals surface area (Å²) >= 11 is 0. The van der Waals surface area contributed by atoms with E-state index < -0.39 is 0 Å². The minimum Gasteiger partial charge on any atom is -0.369 e. The summed E-state index contributed by atoms with van der Waals surface area (Å²) in [7, 11) is 0. The smallest absolute Gasteiger partial charge is 0.0991 e. The summed E-state index contributed by atoms with van der Waals surface area (Å²) < 4.78 is 0. The summed E-state index contributed by atoms with van der Waals surface area (Å²) in [4.78, 5) is 7.68. The fourth-order valence-electron chi connectivity index (χ4n) is 3.78. The number of likely N-dealkylation sites (tertiary alicyclic amines) is 1. The topological polar surface area (TPSA) is 33.5 Å². The highest BCUT2D eigenvalue weighted by molar-refractivity contribution is 5.50. The summed E-state index contributed by atoms with van der Waals surface area (Å²) in [5, 5.41) is 8.89. The molecule has 0 bridgehead atoms. The average Bonchev–Trinajstić information content (AvgIpc) is 3.04. The van der Waals surface area contributed by atoms with E-state index in [-0.39, 0.29) is 0 Å². The van der Waals surface area contributed by atoms with Crippen molar-refractivity contribution in [1.29, 1.82) is 5.26 Å². The van der Waals surface area contributed by atoms with Crippen LogP contribution in [0, 0.1) is 17.2 Å². The maximum absolute atomic E-state index is 8.89. The van der Waals surface area contributed by atoms with Crippen LogP contribution in [0.25, 0.3) is 0 Å². The zero-order valence-electron chi connectivity index (χ0n) is 14.4. The number of nitriles is 1. The van der Waals surface area contributed by atoms with Gasteiger partial charge >= 0.3 is 0 Å². The Hall–Kier alpha value is -1.57. The van der Waals surface area contributed by atoms with Gasteiger partial charge in [0.1, 0.15) is 0 Å². The molecule has 2 fully saturated rings. The standard InChI is InChI=1S/C19H28N4/c1-16(2)23-8-7-18(15-23)14-21-9-11-22(12-10-21)19-5-3-17(13-20)4-6-19/h3-6,16,18H,7-12,14-15H2,1-2H3/t18-/m1/s1. The Bertz CT molecular complexity index is 537. The van der Waals surface area contributed by atoms with E-state index in [1.807, 2.05) is 12.1 Å². The number of piperazine rings is 1. The minimum absolute atomic E-state index is 0.688. The molecular formula is C19H28N4. The molecule has 0 aromatic heterocycles. The molecule has 0 amide bonds. The fourth-order valence-corrected chi connectivity index (χ4v) is 3.78. The molecule has 0 N–H and O–H groups in total. The van der Waals surface area contributed by atoms with Gasteiger partial charge in [0.05, 0.1) is 11.6 Å². The van der Waals surface area contributed by atoms with Gasteiger partial charge in [-0.25, -0.2) is 0 Å². The largest absolute Gasteiger partial charge is 0.369 e. The van der Waals surface area contributed by atoms with Crippen LogP contribution in [0.1, 0.15) is 25.8 Å². The van der Waals surface area contributed by atoms with Crippen molar-refractivity contribution in [3.05, 3.63) is 29.8 Å². The van der Waals surface area contributed by atoms with Gasteiger partial charge in [0.2, 0.25) is 0 Å². The molecule has 3 rings (SSSR count). The summed E-state index contributed by atoms with van der Waals surface area (Å²) in [6, 6.07) is 10.9. The average molecular weight is 312 g/mol. The van der Waals surface area contributed by atoms with Gasteiger partial charge in [-0.1, -0.05) is 0 Å². The van der Waals surface area contributed by atoms with E-state index in [9.17, 15) is 0 Å². The molecule has 4 nitrogen and oxygen atoms in total. The van der Waals surface area contributed by atoms with Gasteiger partial charge in [-0.05, 0) is 57.0 Å². The van der Waals surface area contributed by atoms with Crippen LogP contribution in [0.15, 0.2) is 24.3 Å². The van der Waals surface area contributed by atoms with Crippen LogP contribution >= 0.6 is 0 Å². The lowest BCUT2D eigenvalue weighted by Crippen LogP contribution is -2.48. The van der Waals surface area contributed by atoms with Crippen molar-refractivity contribution in [2.45, 2.75) is 26.3 Å². The van der Waals surface area contributed by atoms with Gasteiger partial charge in [0.15, 0.2) is 0 Å². The first kappa shape index (κ1) is 16.3. The number of anilines is 1. The fraction of sp³-hybridized carbons (Fsp3) is 0.632. The third kappa shape index (κ3) is 4.04. The highest BCUT2D eigenvalue weighted by Gasteiger charge is 2.27. The molecule has 1 atom stereocenters. The van der Waals surface area contributed by atoms with E-state index in [0.29, 0.717) is 6.04 Å². The van der Waals surface area contributed by atoms with Gasteiger partial charge in [-0.15, -0.1) is 0 Å². The van der Waals surface area contributed by atoms with Gasteiger partial charge in [0, 0.05) is 51.0 Å². The predicted molar refractivity (Wildman–Crippen MR) is 94.6 cm³/mol. The molecule has 0 saturated carbocycles. The number of nitrogens with zero attached hydrogens (tertiary/aromatic N) is 4. The normalized spacial score (nSPS) is 23.4. The number of hydrogen-bond acceptors (Lipinski definition) is 4. The van der Waals surface area contributed by atoms with Crippen molar-refractivity contribution in [1.82, 2.24) is 9.80 Å². The Morgan fingerprint density at radius 2 is 1.78 bits per heavy atom. The Kier molecular flexibility index (Phi) is 5.20. The molecule has 2 saturated heterocycles. The Morgan fingerprint density at radius 3 is 2.35 bits per heavy atom. The quantitative estimate of drug-likeness (QED) is 0.855. The molecule has 0 unspecified atom stereocenters. The molecule has 4 heteroatoms. The van der Waals surface area contributed by atoms with Crippen LogP contribution in [-0.2, 0) is 0 Å². The highest BCUT2D eigenvalue weighted by atomic mass is 15.3. The van der Waals surface area contributed by atoms with Crippen molar-refractivity contribution in [2.75, 3.05) is 50.7 Å². The molecule has 1 aromatic rings. The zero-order valence-corrected chi connectivity index (χ0v) is 14.4. The molecule has 2 aliphatic heterocycles. The molecule has 124 valence electrons. The molecule has 0 aliphatic carbocycles. The summed E-state index contributed by atoms with van der Waals surface area (Å²) in [6.07, 6.45) is 1.36. The molecule has 2 heterocycles. The van der Waals surface area contributed by atoms with Crippen LogP contribution in [0.5, 0.6) is 0 Å². The molecule has 0 radical (unpaired) electrons. The van der Waals surface area contributed by atoms with E-state index in [2.05, 4.69) is 46.7 Å². The van der Waals surface area contributed by atoms with Crippen LogP contribution in [0.2, 0.25) is 0 Å². The summed E-state index contributed by atoms with van der Waals surface area (Å²) in [5.41, 5.74) is 1.99. The van der Waals surface area contributed by atoms with Crippen molar-refractivity contribution < 1.29 is 0 Å². The van der Waals surface area contributed by atoms with Crippen molar-refractivity contribution in [3.8, 4) is 6.07 Å². The van der Waals surface area contributed by atoms with E-state index in [1.165, 1.54) is 31.7 Å². The lowest BCUT2D eigenvalue weighted by atomic mass is 10.1. The van der Waals surface area contributed by atoms with Crippen molar-refractivity contribution in [3.63, 3.8) is 0 Å². The van der Waals surface area contributed by atoms with E-state index in [4.69, 9.17) is 5.26 Å². The third-order valence-corrected chi connectivity index (χ3v) is 5.30. The first-order chi connectivity index (χ1) is 11.2.